The Morgan fingerprint density at radius 3 is 2.70 bits per heavy atom. The van der Waals surface area contributed by atoms with Gasteiger partial charge in [-0.15, -0.1) is 0 Å². The maximum atomic E-state index is 12.7. The Morgan fingerprint density at radius 2 is 2.05 bits per heavy atom. The van der Waals surface area contributed by atoms with E-state index in [0.717, 1.165) is 22.9 Å². The summed E-state index contributed by atoms with van der Waals surface area (Å²) < 4.78 is 0.876. The summed E-state index contributed by atoms with van der Waals surface area (Å²) in [7, 11) is 3.46. The van der Waals surface area contributed by atoms with Crippen LogP contribution in [0.2, 0.25) is 0 Å². The molecule has 1 aliphatic rings. The molecule has 2 amide bonds. The van der Waals surface area contributed by atoms with E-state index in [1.165, 1.54) is 0 Å². The molecular formula is C15H19BrN2O2. The zero-order valence-electron chi connectivity index (χ0n) is 12.0. The van der Waals surface area contributed by atoms with Crippen molar-refractivity contribution >= 4 is 27.7 Å². The number of aryl methyl sites for hydroxylation is 1. The fourth-order valence-corrected chi connectivity index (χ4v) is 2.91. The van der Waals surface area contributed by atoms with Crippen LogP contribution in [-0.2, 0) is 4.79 Å². The molecule has 1 atom stereocenters. The summed E-state index contributed by atoms with van der Waals surface area (Å²) in [5, 5.41) is 0. The molecule has 2 rings (SSSR count). The van der Waals surface area contributed by atoms with Crippen molar-refractivity contribution in [3.8, 4) is 0 Å². The lowest BCUT2D eigenvalue weighted by molar-refractivity contribution is -0.132. The summed E-state index contributed by atoms with van der Waals surface area (Å²) in [4.78, 5) is 28.1. The number of amides is 2. The van der Waals surface area contributed by atoms with Crippen molar-refractivity contribution < 1.29 is 9.59 Å². The molecule has 5 heteroatoms. The first-order chi connectivity index (χ1) is 9.41. The van der Waals surface area contributed by atoms with E-state index < -0.39 is 0 Å². The van der Waals surface area contributed by atoms with E-state index in [4.69, 9.17) is 0 Å². The van der Waals surface area contributed by atoms with Gasteiger partial charge >= 0.3 is 0 Å². The van der Waals surface area contributed by atoms with Gasteiger partial charge in [0.15, 0.2) is 0 Å². The Bertz CT molecular complexity index is 543. The van der Waals surface area contributed by atoms with E-state index in [0.29, 0.717) is 12.1 Å². The lowest BCUT2D eigenvalue weighted by Crippen LogP contribution is -2.45. The number of carbonyl (C=O) groups excluding carboxylic acids is 2. The lowest BCUT2D eigenvalue weighted by Gasteiger charge is -2.26. The number of hydrogen-bond acceptors (Lipinski definition) is 2. The zero-order chi connectivity index (χ0) is 14.9. The van der Waals surface area contributed by atoms with E-state index in [9.17, 15) is 9.59 Å². The van der Waals surface area contributed by atoms with Gasteiger partial charge in [-0.1, -0.05) is 22.0 Å². The molecule has 0 aromatic heterocycles. The van der Waals surface area contributed by atoms with E-state index >= 15 is 0 Å². The Balaban J connectivity index is 2.28. The molecule has 1 aromatic carbocycles. The maximum Gasteiger partial charge on any atom is 0.254 e. The molecule has 1 unspecified atom stereocenters. The third kappa shape index (κ3) is 2.87. The molecule has 0 spiro atoms. The van der Waals surface area contributed by atoms with Crippen molar-refractivity contribution in [3.05, 3.63) is 33.8 Å². The molecule has 1 fully saturated rings. The first kappa shape index (κ1) is 15.0. The van der Waals surface area contributed by atoms with E-state index in [2.05, 4.69) is 15.9 Å². The van der Waals surface area contributed by atoms with Crippen LogP contribution >= 0.6 is 15.9 Å². The fourth-order valence-electron chi connectivity index (χ4n) is 2.54. The average Bonchev–Trinajstić information content (AvgIpc) is 2.88. The van der Waals surface area contributed by atoms with Crippen LogP contribution in [0.5, 0.6) is 0 Å². The summed E-state index contributed by atoms with van der Waals surface area (Å²) in [5.41, 5.74) is 1.60. The summed E-state index contributed by atoms with van der Waals surface area (Å²) in [6.45, 7) is 2.56. The second-order valence-electron chi connectivity index (χ2n) is 5.35. The van der Waals surface area contributed by atoms with Gasteiger partial charge in [-0.25, -0.2) is 0 Å². The largest absolute Gasteiger partial charge is 0.347 e. The SMILES string of the molecule is Cc1ccc(Br)cc1C(=O)N1CCCC1C(=O)N(C)C. The van der Waals surface area contributed by atoms with Crippen LogP contribution in [0.3, 0.4) is 0 Å². The summed E-state index contributed by atoms with van der Waals surface area (Å²) in [5.74, 6) is -0.0509. The van der Waals surface area contributed by atoms with Crippen molar-refractivity contribution in [1.29, 1.82) is 0 Å². The highest BCUT2D eigenvalue weighted by molar-refractivity contribution is 9.10. The average molecular weight is 339 g/mol. The normalized spacial score (nSPS) is 18.2. The first-order valence-corrected chi connectivity index (χ1v) is 7.49. The van der Waals surface area contributed by atoms with Gasteiger partial charge in [0.25, 0.3) is 5.91 Å². The van der Waals surface area contributed by atoms with Crippen LogP contribution in [-0.4, -0.2) is 48.3 Å². The number of halogens is 1. The minimum Gasteiger partial charge on any atom is -0.347 e. The van der Waals surface area contributed by atoms with Crippen molar-refractivity contribution in [2.45, 2.75) is 25.8 Å². The van der Waals surface area contributed by atoms with Gasteiger partial charge in [0.2, 0.25) is 5.91 Å². The van der Waals surface area contributed by atoms with Gasteiger partial charge in [-0.05, 0) is 37.5 Å². The van der Waals surface area contributed by atoms with Gasteiger partial charge in [0.05, 0.1) is 0 Å². The molecule has 0 N–H and O–H groups in total. The maximum absolute atomic E-state index is 12.7. The van der Waals surface area contributed by atoms with Crippen LogP contribution in [0.4, 0.5) is 0 Å². The molecule has 20 heavy (non-hydrogen) atoms. The van der Waals surface area contributed by atoms with Crippen LogP contribution < -0.4 is 0 Å². The quantitative estimate of drug-likeness (QED) is 0.830. The number of nitrogens with zero attached hydrogens (tertiary/aromatic N) is 2. The number of likely N-dealkylation sites (N-methyl/N-ethyl adjacent to an activating group) is 1. The standard InChI is InChI=1S/C15H19BrN2O2/c1-10-6-7-11(16)9-12(10)14(19)18-8-4-5-13(18)15(20)17(2)3/h6-7,9,13H,4-5,8H2,1-3H3. The Labute approximate surface area is 127 Å². The molecule has 0 radical (unpaired) electrons. The highest BCUT2D eigenvalue weighted by Crippen LogP contribution is 2.24. The second-order valence-corrected chi connectivity index (χ2v) is 6.26. The Morgan fingerprint density at radius 1 is 1.35 bits per heavy atom. The van der Waals surface area contributed by atoms with Crippen molar-refractivity contribution in [1.82, 2.24) is 9.80 Å². The molecule has 0 aliphatic carbocycles. The van der Waals surface area contributed by atoms with Crippen LogP contribution in [0.1, 0.15) is 28.8 Å². The number of carbonyl (C=O) groups is 2. The minimum atomic E-state index is -0.323. The molecule has 1 aromatic rings. The topological polar surface area (TPSA) is 40.6 Å². The van der Waals surface area contributed by atoms with Gasteiger partial charge in [-0.3, -0.25) is 9.59 Å². The molecule has 0 saturated carbocycles. The highest BCUT2D eigenvalue weighted by Gasteiger charge is 2.35. The molecule has 1 saturated heterocycles. The molecule has 108 valence electrons. The number of hydrogen-bond donors (Lipinski definition) is 0. The van der Waals surface area contributed by atoms with E-state index in [-0.39, 0.29) is 17.9 Å². The Kier molecular flexibility index (Phi) is 4.48. The second kappa shape index (κ2) is 5.95. The van der Waals surface area contributed by atoms with E-state index in [1.807, 2.05) is 25.1 Å². The smallest absolute Gasteiger partial charge is 0.254 e. The van der Waals surface area contributed by atoms with Gasteiger partial charge in [0, 0.05) is 30.7 Å². The number of rotatable bonds is 2. The number of benzene rings is 1. The molecule has 4 nitrogen and oxygen atoms in total. The third-order valence-corrected chi connectivity index (χ3v) is 4.16. The molecule has 0 bridgehead atoms. The summed E-state index contributed by atoms with van der Waals surface area (Å²) in [6, 6.07) is 5.33. The van der Waals surface area contributed by atoms with E-state index in [1.54, 1.807) is 23.9 Å². The van der Waals surface area contributed by atoms with Crippen LogP contribution in [0, 0.1) is 6.92 Å². The van der Waals surface area contributed by atoms with Crippen molar-refractivity contribution in [2.24, 2.45) is 0 Å². The molecule has 1 heterocycles. The van der Waals surface area contributed by atoms with Gasteiger partial charge < -0.3 is 9.80 Å². The van der Waals surface area contributed by atoms with Crippen molar-refractivity contribution in [2.75, 3.05) is 20.6 Å². The molecule has 1 aliphatic heterocycles. The van der Waals surface area contributed by atoms with Crippen LogP contribution in [0.25, 0.3) is 0 Å². The monoisotopic (exact) mass is 338 g/mol. The predicted molar refractivity (Wildman–Crippen MR) is 81.6 cm³/mol. The predicted octanol–water partition coefficient (Wildman–Crippen LogP) is 2.45. The van der Waals surface area contributed by atoms with Gasteiger partial charge in [0.1, 0.15) is 6.04 Å². The first-order valence-electron chi connectivity index (χ1n) is 6.70. The van der Waals surface area contributed by atoms with Gasteiger partial charge in [-0.2, -0.15) is 0 Å². The zero-order valence-corrected chi connectivity index (χ0v) is 13.6. The summed E-state index contributed by atoms with van der Waals surface area (Å²) >= 11 is 3.39. The minimum absolute atomic E-state index is 0.00324. The highest BCUT2D eigenvalue weighted by atomic mass is 79.9. The van der Waals surface area contributed by atoms with Crippen LogP contribution in [0.15, 0.2) is 22.7 Å². The summed E-state index contributed by atoms with van der Waals surface area (Å²) in [6.07, 6.45) is 1.62. The molecular weight excluding hydrogens is 320 g/mol. The fraction of sp³-hybridized carbons (Fsp3) is 0.467. The number of likely N-dealkylation sites (tertiary alicyclic amines) is 1. The van der Waals surface area contributed by atoms with Crippen molar-refractivity contribution in [3.63, 3.8) is 0 Å². The lowest BCUT2D eigenvalue weighted by atomic mass is 10.1. The third-order valence-electron chi connectivity index (χ3n) is 3.67. The Hall–Kier alpha value is -1.36.